The monoisotopic (exact) mass is 407 g/mol. The average Bonchev–Trinajstić information content (AvgIpc) is 3.15. The Morgan fingerprint density at radius 3 is 2.97 bits per heavy atom. The molecule has 0 aromatic carbocycles. The molecule has 10 heteroatoms. The number of H-pyrrole nitrogens is 1. The molecule has 3 aromatic heterocycles. The van der Waals surface area contributed by atoms with Gasteiger partial charge in [-0.15, -0.1) is 0 Å². The summed E-state index contributed by atoms with van der Waals surface area (Å²) in [5.74, 6) is 0.672. The second kappa shape index (κ2) is 6.97. The molecule has 2 aliphatic rings. The van der Waals surface area contributed by atoms with Crippen LogP contribution in [0.25, 0.3) is 11.0 Å². The first-order valence-corrected chi connectivity index (χ1v) is 9.78. The van der Waals surface area contributed by atoms with Gasteiger partial charge in [-0.2, -0.15) is 5.10 Å². The quantitative estimate of drug-likeness (QED) is 0.626. The molecule has 1 fully saturated rings. The summed E-state index contributed by atoms with van der Waals surface area (Å²) in [4.78, 5) is 38.1. The third-order valence-electron chi connectivity index (χ3n) is 5.71. The van der Waals surface area contributed by atoms with Crippen molar-refractivity contribution in [3.8, 4) is 0 Å². The van der Waals surface area contributed by atoms with E-state index >= 15 is 0 Å². The summed E-state index contributed by atoms with van der Waals surface area (Å²) in [7, 11) is 1.40. The van der Waals surface area contributed by atoms with E-state index in [1.165, 1.54) is 7.11 Å². The van der Waals surface area contributed by atoms with Crippen molar-refractivity contribution in [1.82, 2.24) is 20.2 Å². The molecule has 154 valence electrons. The molecular weight excluding hydrogens is 386 g/mol. The van der Waals surface area contributed by atoms with E-state index in [0.717, 1.165) is 16.8 Å². The molecule has 2 bridgehead atoms. The van der Waals surface area contributed by atoms with Crippen molar-refractivity contribution >= 4 is 40.4 Å². The van der Waals surface area contributed by atoms with E-state index in [1.54, 1.807) is 17.2 Å². The highest BCUT2D eigenvalue weighted by atomic mass is 16.5. The molecule has 1 saturated heterocycles. The first-order valence-electron chi connectivity index (χ1n) is 9.78. The number of piperidine rings is 1. The maximum absolute atomic E-state index is 13.3. The molecule has 0 spiro atoms. The number of ether oxygens (including phenoxy) is 1. The van der Waals surface area contributed by atoms with E-state index in [-0.39, 0.29) is 24.1 Å². The molecule has 1 unspecified atom stereocenters. The number of aryl methyl sites for hydroxylation is 1. The van der Waals surface area contributed by atoms with Gasteiger partial charge in [0.1, 0.15) is 6.04 Å². The molecule has 0 radical (unpaired) electrons. The summed E-state index contributed by atoms with van der Waals surface area (Å²) in [5, 5.41) is 10.7. The van der Waals surface area contributed by atoms with Crippen molar-refractivity contribution < 1.29 is 14.3 Å². The van der Waals surface area contributed by atoms with Gasteiger partial charge in [0.15, 0.2) is 17.3 Å². The Kier molecular flexibility index (Phi) is 4.27. The number of pyridine rings is 2. The molecule has 2 atom stereocenters. The van der Waals surface area contributed by atoms with Crippen LogP contribution in [-0.2, 0) is 9.53 Å². The number of carbonyl (C=O) groups excluding carboxylic acids is 2. The highest BCUT2D eigenvalue weighted by molar-refractivity contribution is 6.07. The van der Waals surface area contributed by atoms with Gasteiger partial charge in [-0.05, 0) is 44.0 Å². The van der Waals surface area contributed by atoms with Crippen LogP contribution in [0.3, 0.4) is 0 Å². The lowest BCUT2D eigenvalue weighted by atomic mass is 9.93. The zero-order valence-electron chi connectivity index (χ0n) is 16.6. The van der Waals surface area contributed by atoms with E-state index < -0.39 is 0 Å². The number of anilines is 3. The van der Waals surface area contributed by atoms with Gasteiger partial charge in [0.05, 0.1) is 24.2 Å². The van der Waals surface area contributed by atoms with Crippen molar-refractivity contribution in [2.24, 2.45) is 0 Å². The van der Waals surface area contributed by atoms with Gasteiger partial charge in [0, 0.05) is 18.4 Å². The van der Waals surface area contributed by atoms with E-state index in [2.05, 4.69) is 25.5 Å². The van der Waals surface area contributed by atoms with Crippen molar-refractivity contribution in [2.75, 3.05) is 28.8 Å². The molecule has 10 nitrogen and oxygen atoms in total. The second-order valence-electron chi connectivity index (χ2n) is 7.49. The second-order valence-corrected chi connectivity index (χ2v) is 7.49. The van der Waals surface area contributed by atoms with E-state index in [1.807, 2.05) is 30.0 Å². The predicted octanol–water partition coefficient (Wildman–Crippen LogP) is 2.22. The van der Waals surface area contributed by atoms with E-state index in [4.69, 9.17) is 4.74 Å². The number of hydrogen-bond donors (Lipinski definition) is 2. The molecule has 0 saturated carbocycles. The van der Waals surface area contributed by atoms with Crippen LogP contribution < -0.4 is 15.1 Å². The number of nitrogens with one attached hydrogen (secondary N) is 2. The third kappa shape index (κ3) is 2.83. The molecule has 5 rings (SSSR count). The minimum Gasteiger partial charge on any atom is -0.467 e. The Morgan fingerprint density at radius 1 is 1.27 bits per heavy atom. The number of aromatic amines is 1. The topological polar surface area (TPSA) is 116 Å². The standard InChI is InChI=1S/C20H21N7O3/c1-11-5-7-13-16(22-11)24-25-17(13)23-20(29)27-12-6-8-15(19(28)30-2)26(10-12)14-4-3-9-21-18(14)27/h3-5,7,9,12,15H,6,8,10H2,1-2H3,(H2,22,23,24,25,29)/t12-,15?/m0/s1. The minimum atomic E-state index is -0.371. The zero-order chi connectivity index (χ0) is 20.8. The fraction of sp³-hybridized carbons (Fsp3) is 0.350. The van der Waals surface area contributed by atoms with Gasteiger partial charge in [-0.25, -0.2) is 19.6 Å². The summed E-state index contributed by atoms with van der Waals surface area (Å²) in [5.41, 5.74) is 2.22. The van der Waals surface area contributed by atoms with Gasteiger partial charge in [0.2, 0.25) is 0 Å². The SMILES string of the molecule is COC(=O)C1CC[C@H]2CN1c1cccnc1N2C(=O)Nc1n[nH]c2nc(C)ccc12. The Morgan fingerprint density at radius 2 is 2.13 bits per heavy atom. The number of urea groups is 1. The normalized spacial score (nSPS) is 20.1. The fourth-order valence-corrected chi connectivity index (χ4v) is 4.30. The fourth-order valence-electron chi connectivity index (χ4n) is 4.30. The summed E-state index contributed by atoms with van der Waals surface area (Å²) in [6.45, 7) is 2.43. The number of rotatable bonds is 2. The predicted molar refractivity (Wildman–Crippen MR) is 111 cm³/mol. The summed E-state index contributed by atoms with van der Waals surface area (Å²) in [6.07, 6.45) is 2.91. The maximum atomic E-state index is 13.3. The van der Waals surface area contributed by atoms with Crippen LogP contribution in [0.2, 0.25) is 0 Å². The Balaban J connectivity index is 1.48. The van der Waals surface area contributed by atoms with Crippen molar-refractivity contribution in [2.45, 2.75) is 31.8 Å². The Bertz CT molecular complexity index is 1140. The highest BCUT2D eigenvalue weighted by Crippen LogP contribution is 2.40. The van der Waals surface area contributed by atoms with Crippen LogP contribution in [0.5, 0.6) is 0 Å². The molecular formula is C20H21N7O3. The summed E-state index contributed by atoms with van der Waals surface area (Å²) >= 11 is 0. The first kappa shape index (κ1) is 18.3. The number of nitrogens with zero attached hydrogens (tertiary/aromatic N) is 5. The number of methoxy groups -OCH3 is 1. The summed E-state index contributed by atoms with van der Waals surface area (Å²) < 4.78 is 4.98. The van der Waals surface area contributed by atoms with Gasteiger partial charge in [0.25, 0.3) is 0 Å². The van der Waals surface area contributed by atoms with Crippen molar-refractivity contribution in [3.63, 3.8) is 0 Å². The van der Waals surface area contributed by atoms with Crippen molar-refractivity contribution in [1.29, 1.82) is 0 Å². The van der Waals surface area contributed by atoms with Crippen molar-refractivity contribution in [3.05, 3.63) is 36.2 Å². The van der Waals surface area contributed by atoms with E-state index in [0.29, 0.717) is 36.7 Å². The minimum absolute atomic E-state index is 0.112. The molecule has 0 aliphatic carbocycles. The van der Waals surface area contributed by atoms with Gasteiger partial charge in [-0.3, -0.25) is 15.3 Å². The number of amides is 2. The first-order chi connectivity index (χ1) is 14.6. The lowest BCUT2D eigenvalue weighted by Gasteiger charge is -2.48. The molecule has 2 N–H and O–H groups in total. The number of esters is 1. The number of aromatic nitrogens is 4. The number of hydrogen-bond acceptors (Lipinski definition) is 7. The molecule has 5 heterocycles. The lowest BCUT2D eigenvalue weighted by molar-refractivity contribution is -0.142. The molecule has 2 aliphatic heterocycles. The highest BCUT2D eigenvalue weighted by Gasteiger charge is 2.44. The summed E-state index contributed by atoms with van der Waals surface area (Å²) in [6, 6.07) is 6.62. The van der Waals surface area contributed by atoms with Crippen LogP contribution in [0.1, 0.15) is 18.5 Å². The van der Waals surface area contributed by atoms with Crippen LogP contribution in [0.4, 0.5) is 22.1 Å². The number of fused-ring (bicyclic) bond motifs is 5. The number of carbonyl (C=O) groups is 2. The Hall–Kier alpha value is -3.69. The van der Waals surface area contributed by atoms with Crippen LogP contribution in [0, 0.1) is 6.92 Å². The van der Waals surface area contributed by atoms with Gasteiger partial charge < -0.3 is 9.64 Å². The maximum Gasteiger partial charge on any atom is 0.329 e. The van der Waals surface area contributed by atoms with Gasteiger partial charge in [-0.1, -0.05) is 0 Å². The molecule has 30 heavy (non-hydrogen) atoms. The third-order valence-corrected chi connectivity index (χ3v) is 5.71. The molecule has 3 aromatic rings. The Labute approximate surface area is 172 Å². The average molecular weight is 407 g/mol. The largest absolute Gasteiger partial charge is 0.467 e. The van der Waals surface area contributed by atoms with E-state index in [9.17, 15) is 9.59 Å². The lowest BCUT2D eigenvalue weighted by Crippen LogP contribution is -2.60. The van der Waals surface area contributed by atoms with Crippen LogP contribution in [0.15, 0.2) is 30.5 Å². The zero-order valence-corrected chi connectivity index (χ0v) is 16.6. The smallest absolute Gasteiger partial charge is 0.329 e. The molecule has 2 amide bonds. The van der Waals surface area contributed by atoms with Crippen LogP contribution in [-0.4, -0.2) is 57.9 Å². The van der Waals surface area contributed by atoms with Gasteiger partial charge >= 0.3 is 12.0 Å². The van der Waals surface area contributed by atoms with Crippen LogP contribution >= 0.6 is 0 Å².